The van der Waals surface area contributed by atoms with Gasteiger partial charge in [0, 0.05) is 17.8 Å². The molecule has 0 radical (unpaired) electrons. The molecular weight excluding hydrogens is 250 g/mol. The van der Waals surface area contributed by atoms with Crippen LogP contribution in [0.25, 0.3) is 0 Å². The molecule has 0 bridgehead atoms. The van der Waals surface area contributed by atoms with E-state index in [0.29, 0.717) is 0 Å². The van der Waals surface area contributed by atoms with Crippen LogP contribution < -0.4 is 5.32 Å². The lowest BCUT2D eigenvalue weighted by atomic mass is 10.1. The molecule has 19 heavy (non-hydrogen) atoms. The summed E-state index contributed by atoms with van der Waals surface area (Å²) in [6.07, 6.45) is 1.50. The number of nitrogens with one attached hydrogen (secondary N) is 1. The lowest BCUT2D eigenvalue weighted by Gasteiger charge is -2.14. The Morgan fingerprint density at radius 1 is 1.26 bits per heavy atom. The van der Waals surface area contributed by atoms with Gasteiger partial charge in [0.15, 0.2) is 0 Å². The van der Waals surface area contributed by atoms with E-state index < -0.39 is 23.6 Å². The molecule has 2 rings (SSSR count). The van der Waals surface area contributed by atoms with Gasteiger partial charge in [0.2, 0.25) is 0 Å². The quantitative estimate of drug-likeness (QED) is 0.924. The molecule has 0 aliphatic rings. The van der Waals surface area contributed by atoms with Crippen LogP contribution in [-0.2, 0) is 0 Å². The van der Waals surface area contributed by atoms with Crippen LogP contribution >= 0.6 is 0 Å². The van der Waals surface area contributed by atoms with Crippen molar-refractivity contribution < 1.29 is 13.6 Å². The summed E-state index contributed by atoms with van der Waals surface area (Å²) in [4.78, 5) is 15.7. The second-order valence-electron chi connectivity index (χ2n) is 4.08. The number of amides is 1. The predicted octanol–water partition coefficient (Wildman–Crippen LogP) is 2.85. The molecule has 1 N–H and O–H groups in total. The van der Waals surface area contributed by atoms with Crippen LogP contribution in [0.5, 0.6) is 0 Å². The summed E-state index contributed by atoms with van der Waals surface area (Å²) in [5.74, 6) is -1.74. The highest BCUT2D eigenvalue weighted by molar-refractivity contribution is 5.92. The van der Waals surface area contributed by atoms with Crippen LogP contribution in [0.1, 0.15) is 29.0 Å². The Morgan fingerprint density at radius 3 is 2.68 bits per heavy atom. The lowest BCUT2D eigenvalue weighted by Crippen LogP contribution is -2.27. The lowest BCUT2D eigenvalue weighted by molar-refractivity contribution is 0.0934. The summed E-state index contributed by atoms with van der Waals surface area (Å²) in [5.41, 5.74) is 0.475. The van der Waals surface area contributed by atoms with Crippen molar-refractivity contribution in [1.82, 2.24) is 10.3 Å². The second kappa shape index (κ2) is 5.56. The Kier molecular flexibility index (Phi) is 3.85. The SMILES string of the molecule is CC(NC(=O)c1ccccn1)c1ccc(F)cc1F. The first-order valence-electron chi connectivity index (χ1n) is 5.75. The summed E-state index contributed by atoms with van der Waals surface area (Å²) in [6.45, 7) is 1.62. The van der Waals surface area contributed by atoms with Crippen molar-refractivity contribution in [3.8, 4) is 0 Å². The van der Waals surface area contributed by atoms with Crippen molar-refractivity contribution in [2.45, 2.75) is 13.0 Å². The molecule has 0 spiro atoms. The van der Waals surface area contributed by atoms with E-state index in [9.17, 15) is 13.6 Å². The summed E-state index contributed by atoms with van der Waals surface area (Å²) in [6, 6.07) is 7.62. The first-order valence-corrected chi connectivity index (χ1v) is 5.75. The largest absolute Gasteiger partial charge is 0.344 e. The third-order valence-electron chi connectivity index (χ3n) is 2.67. The molecule has 0 fully saturated rings. The third-order valence-corrected chi connectivity index (χ3v) is 2.67. The first kappa shape index (κ1) is 13.1. The smallest absolute Gasteiger partial charge is 0.270 e. The molecule has 1 unspecified atom stereocenters. The Bertz CT molecular complexity index is 587. The molecule has 1 atom stereocenters. The number of halogens is 2. The number of aromatic nitrogens is 1. The van der Waals surface area contributed by atoms with Gasteiger partial charge in [-0.25, -0.2) is 8.78 Å². The van der Waals surface area contributed by atoms with Crippen LogP contribution in [0.3, 0.4) is 0 Å². The van der Waals surface area contributed by atoms with E-state index in [0.717, 1.165) is 12.1 Å². The summed E-state index contributed by atoms with van der Waals surface area (Å²) in [7, 11) is 0. The van der Waals surface area contributed by atoms with Gasteiger partial charge in [-0.05, 0) is 25.1 Å². The summed E-state index contributed by atoms with van der Waals surface area (Å²) >= 11 is 0. The first-order chi connectivity index (χ1) is 9.08. The molecule has 98 valence electrons. The molecular formula is C14H12F2N2O. The minimum absolute atomic E-state index is 0.227. The number of nitrogens with zero attached hydrogens (tertiary/aromatic N) is 1. The standard InChI is InChI=1S/C14H12F2N2O/c1-9(11-6-5-10(15)8-12(11)16)18-14(19)13-4-2-3-7-17-13/h2-9H,1H3,(H,18,19). The zero-order valence-corrected chi connectivity index (χ0v) is 10.2. The number of pyridine rings is 1. The molecule has 5 heteroatoms. The maximum absolute atomic E-state index is 13.5. The van der Waals surface area contributed by atoms with E-state index >= 15 is 0 Å². The minimum atomic E-state index is -0.686. The Hall–Kier alpha value is -2.30. The number of hydrogen-bond acceptors (Lipinski definition) is 2. The Morgan fingerprint density at radius 2 is 2.05 bits per heavy atom. The van der Waals surface area contributed by atoms with E-state index in [1.807, 2.05) is 0 Å². The van der Waals surface area contributed by atoms with Gasteiger partial charge in [-0.15, -0.1) is 0 Å². The maximum Gasteiger partial charge on any atom is 0.270 e. The third kappa shape index (κ3) is 3.13. The van der Waals surface area contributed by atoms with Crippen LogP contribution in [-0.4, -0.2) is 10.9 Å². The molecule has 1 heterocycles. The zero-order valence-electron chi connectivity index (χ0n) is 10.2. The summed E-state index contributed by atoms with van der Waals surface area (Å²) < 4.78 is 26.3. The number of benzene rings is 1. The van der Waals surface area contributed by atoms with Gasteiger partial charge >= 0.3 is 0 Å². The van der Waals surface area contributed by atoms with Crippen molar-refractivity contribution in [3.05, 3.63) is 65.5 Å². The van der Waals surface area contributed by atoms with Gasteiger partial charge < -0.3 is 5.32 Å². The highest BCUT2D eigenvalue weighted by atomic mass is 19.1. The van der Waals surface area contributed by atoms with Crippen molar-refractivity contribution in [2.24, 2.45) is 0 Å². The highest BCUT2D eigenvalue weighted by Crippen LogP contribution is 2.17. The van der Waals surface area contributed by atoms with Crippen LogP contribution in [0, 0.1) is 11.6 Å². The molecule has 0 aliphatic carbocycles. The number of hydrogen-bond donors (Lipinski definition) is 1. The van der Waals surface area contributed by atoms with Crippen molar-refractivity contribution in [3.63, 3.8) is 0 Å². The molecule has 0 saturated heterocycles. The fourth-order valence-electron chi connectivity index (χ4n) is 1.70. The highest BCUT2D eigenvalue weighted by Gasteiger charge is 2.15. The zero-order chi connectivity index (χ0) is 13.8. The number of rotatable bonds is 3. The van der Waals surface area contributed by atoms with Gasteiger partial charge in [-0.3, -0.25) is 9.78 Å². The minimum Gasteiger partial charge on any atom is -0.344 e. The van der Waals surface area contributed by atoms with E-state index in [-0.39, 0.29) is 11.3 Å². The molecule has 0 saturated carbocycles. The van der Waals surface area contributed by atoms with Crippen LogP contribution in [0.4, 0.5) is 8.78 Å². The predicted molar refractivity (Wildman–Crippen MR) is 66.5 cm³/mol. The topological polar surface area (TPSA) is 42.0 Å². The molecule has 1 aromatic heterocycles. The van der Waals surface area contributed by atoms with Gasteiger partial charge in [0.1, 0.15) is 17.3 Å². The van der Waals surface area contributed by atoms with Crippen molar-refractivity contribution >= 4 is 5.91 Å². The molecule has 3 nitrogen and oxygen atoms in total. The van der Waals surface area contributed by atoms with Crippen molar-refractivity contribution in [2.75, 3.05) is 0 Å². The number of carbonyl (C=O) groups is 1. The van der Waals surface area contributed by atoms with Crippen molar-refractivity contribution in [1.29, 1.82) is 0 Å². The van der Waals surface area contributed by atoms with E-state index in [1.54, 1.807) is 25.1 Å². The Balaban J connectivity index is 2.13. The molecule has 2 aromatic rings. The normalized spacial score (nSPS) is 11.9. The Labute approximate surface area is 109 Å². The van der Waals surface area contributed by atoms with Gasteiger partial charge in [0.05, 0.1) is 6.04 Å². The maximum atomic E-state index is 13.5. The fraction of sp³-hybridized carbons (Fsp3) is 0.143. The summed E-state index contributed by atoms with van der Waals surface area (Å²) in [5, 5.41) is 2.61. The fourth-order valence-corrected chi connectivity index (χ4v) is 1.70. The second-order valence-corrected chi connectivity index (χ2v) is 4.08. The van der Waals surface area contributed by atoms with E-state index in [4.69, 9.17) is 0 Å². The van der Waals surface area contributed by atoms with Gasteiger partial charge in [0.25, 0.3) is 5.91 Å². The average molecular weight is 262 g/mol. The average Bonchev–Trinajstić information content (AvgIpc) is 2.39. The number of carbonyl (C=O) groups excluding carboxylic acids is 1. The van der Waals surface area contributed by atoms with E-state index in [1.165, 1.54) is 12.3 Å². The molecule has 1 aromatic carbocycles. The molecule has 0 aliphatic heterocycles. The monoisotopic (exact) mass is 262 g/mol. The van der Waals surface area contributed by atoms with E-state index in [2.05, 4.69) is 10.3 Å². The molecule has 1 amide bonds. The van der Waals surface area contributed by atoms with Crippen LogP contribution in [0.15, 0.2) is 42.6 Å². The van der Waals surface area contributed by atoms with Gasteiger partial charge in [-0.1, -0.05) is 12.1 Å². The van der Waals surface area contributed by atoms with Gasteiger partial charge in [-0.2, -0.15) is 0 Å². The van der Waals surface area contributed by atoms with Crippen LogP contribution in [0.2, 0.25) is 0 Å².